The number of H-pyrrole nitrogens is 1. The van der Waals surface area contributed by atoms with E-state index in [1.807, 2.05) is 0 Å². The summed E-state index contributed by atoms with van der Waals surface area (Å²) in [6.45, 7) is 0. The molecule has 6 heteroatoms. The highest BCUT2D eigenvalue weighted by atomic mass is 19.4. The van der Waals surface area contributed by atoms with Gasteiger partial charge in [0.25, 0.3) is 0 Å². The molecule has 3 rings (SSSR count). The van der Waals surface area contributed by atoms with Crippen molar-refractivity contribution in [1.82, 2.24) is 4.98 Å². The molecule has 1 saturated carbocycles. The smallest absolute Gasteiger partial charge is 0.431 e. The Morgan fingerprint density at radius 1 is 1.26 bits per heavy atom. The topological polar surface area (TPSA) is 53.1 Å². The molecule has 1 aromatic carbocycles. The molecule has 1 heterocycles. The second-order valence-corrected chi connectivity index (χ2v) is 4.87. The predicted octanol–water partition coefficient (Wildman–Crippen LogP) is 3.30. The fraction of sp³-hybridized carbons (Fsp3) is 0.308. The van der Waals surface area contributed by atoms with Gasteiger partial charge >= 0.3 is 12.1 Å². The number of benzene rings is 1. The Morgan fingerprint density at radius 2 is 1.95 bits per heavy atom. The van der Waals surface area contributed by atoms with Gasteiger partial charge in [-0.3, -0.25) is 4.79 Å². The van der Waals surface area contributed by atoms with E-state index in [-0.39, 0.29) is 0 Å². The van der Waals surface area contributed by atoms with Crippen molar-refractivity contribution in [2.24, 2.45) is 0 Å². The molecule has 0 spiro atoms. The van der Waals surface area contributed by atoms with Gasteiger partial charge in [0.1, 0.15) is 5.69 Å². The molecule has 1 fully saturated rings. The maximum absolute atomic E-state index is 12.6. The number of aliphatic carboxylic acids is 1. The highest BCUT2D eigenvalue weighted by molar-refractivity contribution is 5.88. The summed E-state index contributed by atoms with van der Waals surface area (Å²) in [5.74, 6) is -0.918. The van der Waals surface area contributed by atoms with Crippen molar-refractivity contribution in [3.8, 4) is 0 Å². The van der Waals surface area contributed by atoms with Gasteiger partial charge in [-0.05, 0) is 36.6 Å². The molecule has 0 radical (unpaired) electrons. The van der Waals surface area contributed by atoms with E-state index in [0.29, 0.717) is 29.3 Å². The van der Waals surface area contributed by atoms with Crippen LogP contribution < -0.4 is 0 Å². The van der Waals surface area contributed by atoms with Crippen molar-refractivity contribution in [1.29, 1.82) is 0 Å². The number of rotatable bonds is 2. The zero-order valence-electron chi connectivity index (χ0n) is 9.71. The van der Waals surface area contributed by atoms with Crippen LogP contribution in [0.5, 0.6) is 0 Å². The summed E-state index contributed by atoms with van der Waals surface area (Å²) in [5, 5.41) is 9.56. The molecule has 100 valence electrons. The number of halogens is 3. The number of carbonyl (C=O) groups is 1. The zero-order valence-corrected chi connectivity index (χ0v) is 9.71. The van der Waals surface area contributed by atoms with Crippen LogP contribution in [0.25, 0.3) is 10.9 Å². The van der Waals surface area contributed by atoms with E-state index >= 15 is 0 Å². The van der Waals surface area contributed by atoms with Gasteiger partial charge in [-0.25, -0.2) is 0 Å². The Labute approximate surface area is 106 Å². The normalized spacial score (nSPS) is 17.6. The van der Waals surface area contributed by atoms with Gasteiger partial charge in [0.2, 0.25) is 0 Å². The Hall–Kier alpha value is -1.98. The summed E-state index contributed by atoms with van der Waals surface area (Å²) in [6, 6.07) is 5.63. The van der Waals surface area contributed by atoms with Crippen molar-refractivity contribution in [3.05, 3.63) is 35.5 Å². The largest absolute Gasteiger partial charge is 0.481 e. The fourth-order valence-electron chi connectivity index (χ4n) is 2.33. The van der Waals surface area contributed by atoms with Crippen LogP contribution in [0, 0.1) is 0 Å². The van der Waals surface area contributed by atoms with Gasteiger partial charge in [0.05, 0.1) is 5.41 Å². The average molecular weight is 269 g/mol. The van der Waals surface area contributed by atoms with Gasteiger partial charge in [-0.1, -0.05) is 6.07 Å². The highest BCUT2D eigenvalue weighted by Gasteiger charge is 2.51. The van der Waals surface area contributed by atoms with E-state index in [4.69, 9.17) is 0 Å². The van der Waals surface area contributed by atoms with Crippen LogP contribution in [0.2, 0.25) is 0 Å². The minimum absolute atomic E-state index is 0.359. The molecule has 3 nitrogen and oxygen atoms in total. The molecule has 0 atom stereocenters. The summed E-state index contributed by atoms with van der Waals surface area (Å²) in [7, 11) is 0. The molecule has 1 aromatic heterocycles. The van der Waals surface area contributed by atoms with Crippen LogP contribution in [-0.4, -0.2) is 16.1 Å². The third kappa shape index (κ3) is 1.78. The number of nitrogens with one attached hydrogen (secondary N) is 1. The summed E-state index contributed by atoms with van der Waals surface area (Å²) in [6.07, 6.45) is -3.36. The van der Waals surface area contributed by atoms with E-state index in [1.54, 1.807) is 6.07 Å². The lowest BCUT2D eigenvalue weighted by Crippen LogP contribution is -2.19. The van der Waals surface area contributed by atoms with E-state index < -0.39 is 23.3 Å². The standard InChI is InChI=1S/C13H10F3NO2/c14-13(15,16)10-6-7-5-8(1-2-9(7)17-10)12(3-4-12)11(18)19/h1-2,5-6,17H,3-4H2,(H,18,19). The minimum atomic E-state index is -4.43. The second kappa shape index (κ2) is 3.53. The maximum atomic E-state index is 12.6. The quantitative estimate of drug-likeness (QED) is 0.878. The molecule has 1 aliphatic rings. The van der Waals surface area contributed by atoms with E-state index in [2.05, 4.69) is 4.98 Å². The van der Waals surface area contributed by atoms with Gasteiger partial charge in [0, 0.05) is 10.9 Å². The van der Waals surface area contributed by atoms with Crippen molar-refractivity contribution >= 4 is 16.9 Å². The molecule has 0 saturated heterocycles. The molecule has 2 aromatic rings. The van der Waals surface area contributed by atoms with Crippen molar-refractivity contribution < 1.29 is 23.1 Å². The summed E-state index contributed by atoms with van der Waals surface area (Å²) in [5.41, 5.74) is -0.790. The SMILES string of the molecule is O=C(O)C1(c2ccc3[nH]c(C(F)(F)F)cc3c2)CC1. The number of fused-ring (bicyclic) bond motifs is 1. The Kier molecular flexibility index (Phi) is 2.24. The van der Waals surface area contributed by atoms with Crippen LogP contribution in [0.3, 0.4) is 0 Å². The lowest BCUT2D eigenvalue weighted by molar-refractivity contribution is -0.141. The lowest BCUT2D eigenvalue weighted by atomic mass is 9.95. The molecule has 0 bridgehead atoms. The molecule has 19 heavy (non-hydrogen) atoms. The lowest BCUT2D eigenvalue weighted by Gasteiger charge is -2.09. The van der Waals surface area contributed by atoms with Crippen molar-refractivity contribution in [2.75, 3.05) is 0 Å². The predicted molar refractivity (Wildman–Crippen MR) is 61.8 cm³/mol. The van der Waals surface area contributed by atoms with Crippen LogP contribution in [0.1, 0.15) is 24.1 Å². The number of hydrogen-bond donors (Lipinski definition) is 2. The molecule has 0 amide bonds. The monoisotopic (exact) mass is 269 g/mol. The maximum Gasteiger partial charge on any atom is 0.431 e. The molecule has 0 aliphatic heterocycles. The molecular weight excluding hydrogens is 259 g/mol. The van der Waals surface area contributed by atoms with Crippen LogP contribution in [-0.2, 0) is 16.4 Å². The number of aromatic nitrogens is 1. The number of carboxylic acid groups (broad SMARTS) is 1. The van der Waals surface area contributed by atoms with E-state index in [9.17, 15) is 23.1 Å². The Bertz CT molecular complexity index is 668. The van der Waals surface area contributed by atoms with Crippen LogP contribution in [0.15, 0.2) is 24.3 Å². The zero-order chi connectivity index (χ0) is 13.8. The van der Waals surface area contributed by atoms with Gasteiger partial charge < -0.3 is 10.1 Å². The third-order valence-electron chi connectivity index (χ3n) is 3.64. The summed E-state index contributed by atoms with van der Waals surface area (Å²) < 4.78 is 37.7. The second-order valence-electron chi connectivity index (χ2n) is 4.87. The average Bonchev–Trinajstić information content (AvgIpc) is 3.01. The first-order valence-electron chi connectivity index (χ1n) is 5.77. The third-order valence-corrected chi connectivity index (χ3v) is 3.64. The first kappa shape index (κ1) is 12.1. The van der Waals surface area contributed by atoms with Crippen LogP contribution >= 0.6 is 0 Å². The molecule has 1 aliphatic carbocycles. The van der Waals surface area contributed by atoms with Gasteiger partial charge in [-0.15, -0.1) is 0 Å². The Morgan fingerprint density at radius 3 is 2.47 bits per heavy atom. The van der Waals surface area contributed by atoms with E-state index in [1.165, 1.54) is 12.1 Å². The summed E-state index contributed by atoms with van der Waals surface area (Å²) >= 11 is 0. The first-order valence-corrected chi connectivity index (χ1v) is 5.77. The number of alkyl halides is 3. The number of carboxylic acids is 1. The van der Waals surface area contributed by atoms with Gasteiger partial charge in [-0.2, -0.15) is 13.2 Å². The first-order chi connectivity index (χ1) is 8.83. The van der Waals surface area contributed by atoms with Crippen LogP contribution in [0.4, 0.5) is 13.2 Å². The van der Waals surface area contributed by atoms with Crippen molar-refractivity contribution in [2.45, 2.75) is 24.4 Å². The molecule has 2 N–H and O–H groups in total. The fourth-order valence-corrected chi connectivity index (χ4v) is 2.33. The summed E-state index contributed by atoms with van der Waals surface area (Å²) in [4.78, 5) is 13.5. The Balaban J connectivity index is 2.09. The highest BCUT2D eigenvalue weighted by Crippen LogP contribution is 2.49. The number of hydrogen-bond acceptors (Lipinski definition) is 1. The number of aromatic amines is 1. The molecule has 0 unspecified atom stereocenters. The minimum Gasteiger partial charge on any atom is -0.481 e. The van der Waals surface area contributed by atoms with Gasteiger partial charge in [0.15, 0.2) is 0 Å². The molecular formula is C13H10F3NO2. The van der Waals surface area contributed by atoms with Crippen molar-refractivity contribution in [3.63, 3.8) is 0 Å². The van der Waals surface area contributed by atoms with E-state index in [0.717, 1.165) is 6.07 Å².